The van der Waals surface area contributed by atoms with Crippen LogP contribution in [0.5, 0.6) is 5.75 Å². The number of pyridine rings is 1. The summed E-state index contributed by atoms with van der Waals surface area (Å²) in [4.78, 5) is 7.40. The van der Waals surface area contributed by atoms with Gasteiger partial charge in [0.05, 0.1) is 6.61 Å². The number of methoxy groups -OCH3 is 1. The molecule has 0 spiro atoms. The van der Waals surface area contributed by atoms with Crippen LogP contribution < -0.4 is 15.8 Å². The summed E-state index contributed by atoms with van der Waals surface area (Å²) in [6, 6.07) is 10.8. The molecule has 0 amide bonds. The van der Waals surface area contributed by atoms with E-state index in [1.54, 1.807) is 7.11 Å². The molecule has 6 nitrogen and oxygen atoms in total. The van der Waals surface area contributed by atoms with Crippen LogP contribution in [0, 0.1) is 6.92 Å². The number of nitrogens with zero attached hydrogens (tertiary/aromatic N) is 2. The lowest BCUT2D eigenvalue weighted by molar-refractivity contribution is 0.146. The zero-order valence-corrected chi connectivity index (χ0v) is 19.3. The molecule has 6 heteroatoms. The molecule has 1 atom stereocenters. The normalized spacial score (nSPS) is 16.3. The lowest BCUT2D eigenvalue weighted by Crippen LogP contribution is -2.40. The van der Waals surface area contributed by atoms with E-state index in [-0.39, 0.29) is 0 Å². The topological polar surface area (TPSA) is 72.6 Å². The number of aryl methyl sites for hydroxylation is 1. The average molecular weight is 427 g/mol. The molecule has 0 bridgehead atoms. The summed E-state index contributed by atoms with van der Waals surface area (Å²) in [6.07, 6.45) is 5.35. The van der Waals surface area contributed by atoms with Gasteiger partial charge in [-0.25, -0.2) is 0 Å². The first kappa shape index (κ1) is 23.5. The number of ether oxygens (including phenoxy) is 2. The Morgan fingerprint density at radius 3 is 2.58 bits per heavy atom. The number of nitrogens with two attached hydrogens (primary N) is 1. The fourth-order valence-corrected chi connectivity index (χ4v) is 4.33. The van der Waals surface area contributed by atoms with E-state index in [9.17, 15) is 0 Å². The maximum absolute atomic E-state index is 5.75. The molecule has 0 aliphatic carbocycles. The SMILES string of the molecule is COCCOc1ccc(NCc2c(C)ccnc2C2CCN([C@H](C)CCN)CC2)cc1. The van der Waals surface area contributed by atoms with Crippen LogP contribution in [0.25, 0.3) is 0 Å². The molecule has 1 fully saturated rings. The van der Waals surface area contributed by atoms with Crippen molar-refractivity contribution in [3.8, 4) is 5.75 Å². The summed E-state index contributed by atoms with van der Waals surface area (Å²) in [5.41, 5.74) is 10.7. The highest BCUT2D eigenvalue weighted by Gasteiger charge is 2.26. The van der Waals surface area contributed by atoms with Gasteiger partial charge in [0, 0.05) is 43.2 Å². The molecule has 170 valence electrons. The van der Waals surface area contributed by atoms with Crippen molar-refractivity contribution < 1.29 is 9.47 Å². The van der Waals surface area contributed by atoms with E-state index in [1.807, 2.05) is 18.3 Å². The fraction of sp³-hybridized carbons (Fsp3) is 0.560. The largest absolute Gasteiger partial charge is 0.491 e. The highest BCUT2D eigenvalue weighted by atomic mass is 16.5. The zero-order chi connectivity index (χ0) is 22.1. The van der Waals surface area contributed by atoms with E-state index in [1.165, 1.54) is 16.8 Å². The Balaban J connectivity index is 1.60. The number of likely N-dealkylation sites (tertiary alicyclic amines) is 1. The fourth-order valence-electron chi connectivity index (χ4n) is 4.33. The molecule has 1 aromatic carbocycles. The monoisotopic (exact) mass is 426 g/mol. The van der Waals surface area contributed by atoms with Crippen molar-refractivity contribution in [2.24, 2.45) is 5.73 Å². The predicted molar refractivity (Wildman–Crippen MR) is 127 cm³/mol. The van der Waals surface area contributed by atoms with E-state index in [4.69, 9.17) is 20.2 Å². The molecule has 1 aromatic heterocycles. The van der Waals surface area contributed by atoms with E-state index in [2.05, 4.69) is 42.3 Å². The summed E-state index contributed by atoms with van der Waals surface area (Å²) in [5.74, 6) is 1.38. The van der Waals surface area contributed by atoms with Gasteiger partial charge in [-0.05, 0) is 94.2 Å². The van der Waals surface area contributed by atoms with Crippen molar-refractivity contribution >= 4 is 5.69 Å². The van der Waals surface area contributed by atoms with Gasteiger partial charge in [-0.3, -0.25) is 4.98 Å². The Bertz CT molecular complexity index is 789. The Kier molecular flexibility index (Phi) is 9.13. The Hall–Kier alpha value is -2.15. The van der Waals surface area contributed by atoms with Crippen LogP contribution in [0.15, 0.2) is 36.5 Å². The molecule has 0 radical (unpaired) electrons. The third kappa shape index (κ3) is 6.66. The number of hydrogen-bond donors (Lipinski definition) is 2. The van der Waals surface area contributed by atoms with Crippen molar-refractivity contribution in [1.29, 1.82) is 0 Å². The third-order valence-electron chi connectivity index (χ3n) is 6.33. The van der Waals surface area contributed by atoms with Crippen LogP contribution in [0.1, 0.15) is 48.9 Å². The number of aromatic nitrogens is 1. The van der Waals surface area contributed by atoms with E-state index in [0.717, 1.165) is 56.9 Å². The first-order valence-electron chi connectivity index (χ1n) is 11.5. The molecule has 1 saturated heterocycles. The van der Waals surface area contributed by atoms with Crippen LogP contribution >= 0.6 is 0 Å². The van der Waals surface area contributed by atoms with Gasteiger partial charge in [0.25, 0.3) is 0 Å². The minimum Gasteiger partial charge on any atom is -0.491 e. The van der Waals surface area contributed by atoms with Gasteiger partial charge in [0.1, 0.15) is 12.4 Å². The second kappa shape index (κ2) is 12.0. The number of piperidine rings is 1. The van der Waals surface area contributed by atoms with Crippen molar-refractivity contribution in [2.75, 3.05) is 45.3 Å². The van der Waals surface area contributed by atoms with Gasteiger partial charge in [-0.1, -0.05) is 0 Å². The number of benzene rings is 1. The molecule has 1 aliphatic heterocycles. The molecule has 2 aromatic rings. The second-order valence-corrected chi connectivity index (χ2v) is 8.45. The zero-order valence-electron chi connectivity index (χ0n) is 19.3. The molecule has 2 heterocycles. The lowest BCUT2D eigenvalue weighted by atomic mass is 9.88. The molecule has 31 heavy (non-hydrogen) atoms. The second-order valence-electron chi connectivity index (χ2n) is 8.45. The van der Waals surface area contributed by atoms with Gasteiger partial charge in [-0.15, -0.1) is 0 Å². The molecule has 0 unspecified atom stereocenters. The maximum Gasteiger partial charge on any atom is 0.119 e. The average Bonchev–Trinajstić information content (AvgIpc) is 2.79. The molecule has 0 saturated carbocycles. The van der Waals surface area contributed by atoms with Crippen LogP contribution in [0.3, 0.4) is 0 Å². The predicted octanol–water partition coefficient (Wildman–Crippen LogP) is 3.94. The summed E-state index contributed by atoms with van der Waals surface area (Å²) >= 11 is 0. The van der Waals surface area contributed by atoms with Gasteiger partial charge in [-0.2, -0.15) is 0 Å². The molecule has 1 aliphatic rings. The van der Waals surface area contributed by atoms with Crippen LogP contribution in [0.4, 0.5) is 5.69 Å². The first-order chi connectivity index (χ1) is 15.1. The van der Waals surface area contributed by atoms with E-state index in [0.29, 0.717) is 25.2 Å². The number of nitrogens with one attached hydrogen (secondary N) is 1. The number of rotatable bonds is 11. The molecular weight excluding hydrogens is 388 g/mol. The summed E-state index contributed by atoms with van der Waals surface area (Å²) in [7, 11) is 1.68. The highest BCUT2D eigenvalue weighted by Crippen LogP contribution is 2.31. The Morgan fingerprint density at radius 2 is 1.90 bits per heavy atom. The minimum absolute atomic E-state index is 0.523. The van der Waals surface area contributed by atoms with Gasteiger partial charge >= 0.3 is 0 Å². The standard InChI is InChI=1S/C25H38N4O2/c1-19-9-13-27-25(21-10-14-29(15-11-21)20(2)8-12-26)24(19)18-28-22-4-6-23(7-5-22)31-17-16-30-3/h4-7,9,13,20-21,28H,8,10-12,14-18,26H2,1-3H3/t20-/m1/s1. The summed E-state index contributed by atoms with van der Waals surface area (Å²) < 4.78 is 10.7. The van der Waals surface area contributed by atoms with Gasteiger partial charge < -0.3 is 25.4 Å². The van der Waals surface area contributed by atoms with Crippen molar-refractivity contribution in [3.05, 3.63) is 53.3 Å². The van der Waals surface area contributed by atoms with Gasteiger partial charge in [0.2, 0.25) is 0 Å². The van der Waals surface area contributed by atoms with Crippen molar-refractivity contribution in [1.82, 2.24) is 9.88 Å². The lowest BCUT2D eigenvalue weighted by Gasteiger charge is -2.36. The smallest absolute Gasteiger partial charge is 0.119 e. The molecule has 3 N–H and O–H groups in total. The first-order valence-corrected chi connectivity index (χ1v) is 11.5. The Labute approximate surface area is 187 Å². The van der Waals surface area contributed by atoms with Crippen LogP contribution in [0.2, 0.25) is 0 Å². The van der Waals surface area contributed by atoms with Gasteiger partial charge in [0.15, 0.2) is 0 Å². The van der Waals surface area contributed by atoms with E-state index >= 15 is 0 Å². The van der Waals surface area contributed by atoms with Crippen LogP contribution in [-0.4, -0.2) is 55.9 Å². The highest BCUT2D eigenvalue weighted by molar-refractivity contribution is 5.47. The molecule has 3 rings (SSSR count). The van der Waals surface area contributed by atoms with Crippen LogP contribution in [-0.2, 0) is 11.3 Å². The van der Waals surface area contributed by atoms with Crippen molar-refractivity contribution in [2.45, 2.75) is 51.6 Å². The quantitative estimate of drug-likeness (QED) is 0.530. The van der Waals surface area contributed by atoms with Crippen molar-refractivity contribution in [3.63, 3.8) is 0 Å². The summed E-state index contributed by atoms with van der Waals surface area (Å²) in [6.45, 7) is 9.42. The minimum atomic E-state index is 0.523. The Morgan fingerprint density at radius 1 is 1.16 bits per heavy atom. The molecular formula is C25H38N4O2. The van der Waals surface area contributed by atoms with E-state index < -0.39 is 0 Å². The number of hydrogen-bond acceptors (Lipinski definition) is 6. The third-order valence-corrected chi connectivity index (χ3v) is 6.33. The maximum atomic E-state index is 5.75. The number of anilines is 1. The summed E-state index contributed by atoms with van der Waals surface area (Å²) in [5, 5.41) is 3.57.